The molecule has 2 heterocycles. The van der Waals surface area contributed by atoms with Crippen LogP contribution in [0.15, 0.2) is 30.3 Å². The zero-order valence-corrected chi connectivity index (χ0v) is 16.9. The highest BCUT2D eigenvalue weighted by molar-refractivity contribution is 7.93. The number of nitrogens with zero attached hydrogens (tertiary/aromatic N) is 1. The van der Waals surface area contributed by atoms with Gasteiger partial charge in [-0.05, 0) is 25.0 Å². The molecule has 154 valence electrons. The molecule has 28 heavy (non-hydrogen) atoms. The monoisotopic (exact) mass is 410 g/mol. The number of ether oxygens (including phenoxy) is 2. The van der Waals surface area contributed by atoms with E-state index in [1.54, 1.807) is 0 Å². The SMILES string of the molecule is COC(=O)C(NC(=O)C1CCN(c2ccccc2)CC1)C1(OC)CS(=O)(=O)C1. The molecule has 1 unspecified atom stereocenters. The van der Waals surface area contributed by atoms with Crippen LogP contribution in [0.1, 0.15) is 12.8 Å². The van der Waals surface area contributed by atoms with E-state index in [9.17, 15) is 18.0 Å². The molecule has 0 aromatic heterocycles. The van der Waals surface area contributed by atoms with Gasteiger partial charge in [-0.15, -0.1) is 0 Å². The average Bonchev–Trinajstić information content (AvgIpc) is 2.70. The number of esters is 1. The number of nitrogens with one attached hydrogen (secondary N) is 1. The minimum absolute atomic E-state index is 0.252. The number of carbonyl (C=O) groups excluding carboxylic acids is 2. The van der Waals surface area contributed by atoms with E-state index in [1.807, 2.05) is 30.3 Å². The molecule has 3 rings (SSSR count). The molecule has 2 saturated heterocycles. The molecule has 1 aromatic carbocycles. The fourth-order valence-corrected chi connectivity index (χ4v) is 5.90. The van der Waals surface area contributed by atoms with Gasteiger partial charge in [0.1, 0.15) is 5.60 Å². The van der Waals surface area contributed by atoms with Gasteiger partial charge in [0.15, 0.2) is 15.9 Å². The number of para-hydroxylation sites is 1. The van der Waals surface area contributed by atoms with Crippen molar-refractivity contribution < 1.29 is 27.5 Å². The van der Waals surface area contributed by atoms with E-state index in [1.165, 1.54) is 14.2 Å². The third-order valence-electron chi connectivity index (χ3n) is 5.57. The first-order valence-electron chi connectivity index (χ1n) is 9.24. The fraction of sp³-hybridized carbons (Fsp3) is 0.579. The summed E-state index contributed by atoms with van der Waals surface area (Å²) in [5, 5.41) is 2.70. The van der Waals surface area contributed by atoms with Crippen molar-refractivity contribution >= 4 is 27.4 Å². The van der Waals surface area contributed by atoms with Crippen LogP contribution in [-0.4, -0.2) is 70.8 Å². The van der Waals surface area contributed by atoms with Crippen LogP contribution in [-0.2, 0) is 28.9 Å². The Hall–Kier alpha value is -2.13. The summed E-state index contributed by atoms with van der Waals surface area (Å²) in [4.78, 5) is 27.3. The number of rotatable bonds is 6. The molecule has 0 aliphatic carbocycles. The third-order valence-corrected chi connectivity index (χ3v) is 7.43. The lowest BCUT2D eigenvalue weighted by Gasteiger charge is -2.44. The largest absolute Gasteiger partial charge is 0.467 e. The number of carbonyl (C=O) groups is 2. The molecule has 2 aliphatic rings. The van der Waals surface area contributed by atoms with Crippen molar-refractivity contribution in [2.24, 2.45) is 5.92 Å². The molecule has 1 N–H and O–H groups in total. The zero-order valence-electron chi connectivity index (χ0n) is 16.1. The topological polar surface area (TPSA) is 102 Å². The van der Waals surface area contributed by atoms with Gasteiger partial charge < -0.3 is 19.7 Å². The van der Waals surface area contributed by atoms with Crippen molar-refractivity contribution in [2.75, 3.05) is 43.7 Å². The van der Waals surface area contributed by atoms with Crippen molar-refractivity contribution in [1.29, 1.82) is 0 Å². The van der Waals surface area contributed by atoms with Gasteiger partial charge in [0.05, 0.1) is 18.6 Å². The summed E-state index contributed by atoms with van der Waals surface area (Å²) in [5.74, 6) is -1.86. The molecular weight excluding hydrogens is 384 g/mol. The predicted octanol–water partition coefficient (Wildman–Crippen LogP) is 0.374. The molecule has 8 nitrogen and oxygen atoms in total. The first kappa shape index (κ1) is 20.6. The van der Waals surface area contributed by atoms with Gasteiger partial charge in [0.25, 0.3) is 0 Å². The lowest BCUT2D eigenvalue weighted by molar-refractivity contribution is -0.154. The molecule has 0 spiro atoms. The van der Waals surface area contributed by atoms with E-state index < -0.39 is 27.4 Å². The Balaban J connectivity index is 1.64. The van der Waals surface area contributed by atoms with Crippen LogP contribution >= 0.6 is 0 Å². The summed E-state index contributed by atoms with van der Waals surface area (Å²) < 4.78 is 33.5. The van der Waals surface area contributed by atoms with Gasteiger partial charge in [-0.3, -0.25) is 4.79 Å². The van der Waals surface area contributed by atoms with Crippen LogP contribution in [0.5, 0.6) is 0 Å². The summed E-state index contributed by atoms with van der Waals surface area (Å²) in [6.45, 7) is 1.46. The Bertz CT molecular complexity index is 806. The normalized spacial score (nSPS) is 22.0. The first-order chi connectivity index (χ1) is 13.3. The molecule has 0 bridgehead atoms. The van der Waals surface area contributed by atoms with Crippen molar-refractivity contribution in [3.05, 3.63) is 30.3 Å². The second-order valence-electron chi connectivity index (χ2n) is 7.36. The molecule has 1 aromatic rings. The van der Waals surface area contributed by atoms with Gasteiger partial charge in [0, 0.05) is 31.8 Å². The van der Waals surface area contributed by atoms with E-state index >= 15 is 0 Å². The maximum absolute atomic E-state index is 12.8. The summed E-state index contributed by atoms with van der Waals surface area (Å²) in [7, 11) is -0.730. The standard InChI is InChI=1S/C19H26N2O6S/c1-26-18(23)16(19(27-2)12-28(24,25)13-19)20-17(22)14-8-10-21(11-9-14)15-6-4-3-5-7-15/h3-7,14,16H,8-13H2,1-2H3,(H,20,22). The molecule has 9 heteroatoms. The van der Waals surface area contributed by atoms with Crippen LogP contribution in [0.2, 0.25) is 0 Å². The van der Waals surface area contributed by atoms with Gasteiger partial charge in [-0.2, -0.15) is 0 Å². The van der Waals surface area contributed by atoms with E-state index in [2.05, 4.69) is 10.2 Å². The molecule has 2 fully saturated rings. The number of hydrogen-bond acceptors (Lipinski definition) is 7. The lowest BCUT2D eigenvalue weighted by atomic mass is 9.92. The van der Waals surface area contributed by atoms with Crippen LogP contribution in [0, 0.1) is 5.92 Å². The third kappa shape index (κ3) is 4.15. The van der Waals surface area contributed by atoms with E-state index in [0.717, 1.165) is 18.8 Å². The number of amides is 1. The van der Waals surface area contributed by atoms with Crippen molar-refractivity contribution in [3.8, 4) is 0 Å². The number of hydrogen-bond donors (Lipinski definition) is 1. The lowest BCUT2D eigenvalue weighted by Crippen LogP contribution is -2.70. The van der Waals surface area contributed by atoms with Crippen LogP contribution in [0.3, 0.4) is 0 Å². The maximum atomic E-state index is 12.8. The Morgan fingerprint density at radius 3 is 2.25 bits per heavy atom. The van der Waals surface area contributed by atoms with Crippen molar-refractivity contribution in [2.45, 2.75) is 24.5 Å². The first-order valence-corrected chi connectivity index (χ1v) is 11.1. The number of anilines is 1. The quantitative estimate of drug-likeness (QED) is 0.676. The Morgan fingerprint density at radius 1 is 1.14 bits per heavy atom. The number of sulfone groups is 1. The maximum Gasteiger partial charge on any atom is 0.331 e. The van der Waals surface area contributed by atoms with Crippen molar-refractivity contribution in [3.63, 3.8) is 0 Å². The van der Waals surface area contributed by atoms with Gasteiger partial charge in [0.2, 0.25) is 5.91 Å². The zero-order chi connectivity index (χ0) is 20.4. The highest BCUT2D eigenvalue weighted by Crippen LogP contribution is 2.32. The van der Waals surface area contributed by atoms with Crippen LogP contribution < -0.4 is 10.2 Å². The van der Waals surface area contributed by atoms with Gasteiger partial charge in [-0.1, -0.05) is 18.2 Å². The van der Waals surface area contributed by atoms with Gasteiger partial charge >= 0.3 is 5.97 Å². The molecule has 0 saturated carbocycles. The minimum atomic E-state index is -3.28. The van der Waals surface area contributed by atoms with E-state index in [-0.39, 0.29) is 23.3 Å². The van der Waals surface area contributed by atoms with Crippen LogP contribution in [0.4, 0.5) is 5.69 Å². The van der Waals surface area contributed by atoms with Crippen molar-refractivity contribution in [1.82, 2.24) is 5.32 Å². The summed E-state index contributed by atoms with van der Waals surface area (Å²) in [5.41, 5.74) is -0.154. The highest BCUT2D eigenvalue weighted by atomic mass is 32.2. The second-order valence-corrected chi connectivity index (χ2v) is 9.43. The predicted molar refractivity (Wildman–Crippen MR) is 104 cm³/mol. The number of benzene rings is 1. The molecule has 1 amide bonds. The molecule has 0 radical (unpaired) electrons. The molecule has 1 atom stereocenters. The average molecular weight is 410 g/mol. The Labute approximate surface area is 165 Å². The van der Waals surface area contributed by atoms with E-state index in [4.69, 9.17) is 9.47 Å². The number of piperidine rings is 1. The highest BCUT2D eigenvalue weighted by Gasteiger charge is 2.58. The smallest absolute Gasteiger partial charge is 0.331 e. The van der Waals surface area contributed by atoms with Gasteiger partial charge in [-0.25, -0.2) is 13.2 Å². The fourth-order valence-electron chi connectivity index (χ4n) is 3.93. The summed E-state index contributed by atoms with van der Waals surface area (Å²) in [6, 6.07) is 8.84. The molecular formula is C19H26N2O6S. The number of methoxy groups -OCH3 is 2. The second kappa shape index (κ2) is 8.08. The molecule has 2 aliphatic heterocycles. The van der Waals surface area contributed by atoms with E-state index in [0.29, 0.717) is 12.8 Å². The summed E-state index contributed by atoms with van der Waals surface area (Å²) >= 11 is 0. The summed E-state index contributed by atoms with van der Waals surface area (Å²) in [6.07, 6.45) is 1.29. The Kier molecular flexibility index (Phi) is 5.95. The minimum Gasteiger partial charge on any atom is -0.467 e. The van der Waals surface area contributed by atoms with Crippen LogP contribution in [0.25, 0.3) is 0 Å². The Morgan fingerprint density at radius 2 is 1.75 bits per heavy atom.